The Morgan fingerprint density at radius 3 is 2.06 bits per heavy atom. The molecule has 0 spiro atoms. The van der Waals surface area contributed by atoms with Gasteiger partial charge in [0.2, 0.25) is 0 Å². The lowest BCUT2D eigenvalue weighted by Crippen LogP contribution is -2.45. The van der Waals surface area contributed by atoms with E-state index in [-0.39, 0.29) is 5.97 Å². The number of hydrogen-bond donors (Lipinski definition) is 0. The number of fused-ring (bicyclic) bond motifs is 1. The smallest absolute Gasteiger partial charge is 0.325 e. The van der Waals surface area contributed by atoms with Crippen LogP contribution in [0.2, 0.25) is 15.1 Å². The zero-order valence-electron chi connectivity index (χ0n) is 18.5. The zero-order chi connectivity index (χ0) is 24.3. The molecule has 0 N–H and O–H groups in total. The summed E-state index contributed by atoms with van der Waals surface area (Å²) in [6.07, 6.45) is 0. The van der Waals surface area contributed by atoms with Gasteiger partial charge >= 0.3 is 5.97 Å². The molecule has 0 radical (unpaired) electrons. The molecular weight excluding hydrogens is 491 g/mol. The van der Waals surface area contributed by atoms with Crippen molar-refractivity contribution in [2.24, 2.45) is 0 Å². The summed E-state index contributed by atoms with van der Waals surface area (Å²) in [7, 11) is 0. The second-order valence-corrected chi connectivity index (χ2v) is 10.5. The Hall–Kier alpha value is -2.55. The van der Waals surface area contributed by atoms with Crippen molar-refractivity contribution in [1.29, 1.82) is 5.26 Å². The number of carbonyl (C=O) groups excluding carboxylic acids is 1. The van der Waals surface area contributed by atoms with Gasteiger partial charge in [-0.1, -0.05) is 71.2 Å². The average molecular weight is 512 g/mol. The van der Waals surface area contributed by atoms with Crippen LogP contribution in [0.5, 0.6) is 0 Å². The molecule has 0 amide bonds. The number of benzene rings is 3. The number of carbonyl (C=O) groups is 1. The molecule has 3 aromatic carbocycles. The highest BCUT2D eigenvalue weighted by Gasteiger charge is 2.70. The van der Waals surface area contributed by atoms with Gasteiger partial charge in [-0.3, -0.25) is 4.79 Å². The Labute approximate surface area is 213 Å². The van der Waals surface area contributed by atoms with Gasteiger partial charge in [-0.25, -0.2) is 4.90 Å². The fourth-order valence-electron chi connectivity index (χ4n) is 5.72. The number of nitriles is 1. The van der Waals surface area contributed by atoms with Crippen LogP contribution in [0.4, 0.5) is 0 Å². The van der Waals surface area contributed by atoms with Gasteiger partial charge in [0.05, 0.1) is 12.1 Å². The van der Waals surface area contributed by atoms with E-state index >= 15 is 0 Å². The largest absolute Gasteiger partial charge is 0.443 e. The van der Waals surface area contributed by atoms with Gasteiger partial charge in [0.15, 0.2) is 5.72 Å². The summed E-state index contributed by atoms with van der Waals surface area (Å²) in [6.45, 7) is 3.71. The lowest BCUT2D eigenvalue weighted by molar-refractivity contribution is -0.152. The molecule has 172 valence electrons. The van der Waals surface area contributed by atoms with Crippen LogP contribution in [-0.2, 0) is 14.9 Å². The molecule has 0 aromatic heterocycles. The van der Waals surface area contributed by atoms with E-state index < -0.39 is 29.1 Å². The Kier molecular flexibility index (Phi) is 5.66. The number of cyclic esters (lactones) is 1. The van der Waals surface area contributed by atoms with Crippen molar-refractivity contribution in [3.8, 4) is 6.07 Å². The van der Waals surface area contributed by atoms with Gasteiger partial charge in [0.1, 0.15) is 11.5 Å². The first kappa shape index (κ1) is 23.2. The summed E-state index contributed by atoms with van der Waals surface area (Å²) < 4.78 is 5.86. The molecule has 2 aliphatic rings. The van der Waals surface area contributed by atoms with Gasteiger partial charge in [0, 0.05) is 21.0 Å². The Morgan fingerprint density at radius 1 is 0.882 bits per heavy atom. The van der Waals surface area contributed by atoms with Crippen molar-refractivity contribution >= 4 is 40.8 Å². The van der Waals surface area contributed by atoms with E-state index in [4.69, 9.17) is 39.5 Å². The van der Waals surface area contributed by atoms with Gasteiger partial charge < -0.3 is 4.74 Å². The fraction of sp³-hybridized carbons (Fsp3) is 0.259. The van der Waals surface area contributed by atoms with Crippen molar-refractivity contribution in [1.82, 2.24) is 4.90 Å². The number of nitrogens with zero attached hydrogens (tertiary/aromatic N) is 2. The highest BCUT2D eigenvalue weighted by molar-refractivity contribution is 6.31. The molecule has 0 bridgehead atoms. The van der Waals surface area contributed by atoms with E-state index in [9.17, 15) is 10.1 Å². The van der Waals surface area contributed by atoms with Crippen molar-refractivity contribution in [3.05, 3.63) is 105 Å². The quantitative estimate of drug-likeness (QED) is 0.359. The summed E-state index contributed by atoms with van der Waals surface area (Å²) >= 11 is 19.0. The predicted molar refractivity (Wildman–Crippen MR) is 133 cm³/mol. The molecule has 2 heterocycles. The monoisotopic (exact) mass is 510 g/mol. The number of halogens is 3. The lowest BCUT2D eigenvalue weighted by Gasteiger charge is -2.40. The number of ether oxygens (including phenoxy) is 1. The predicted octanol–water partition coefficient (Wildman–Crippen LogP) is 6.91. The number of hydrogen-bond acceptors (Lipinski definition) is 4. The Bertz CT molecular complexity index is 1320. The third-order valence-electron chi connectivity index (χ3n) is 6.91. The lowest BCUT2D eigenvalue weighted by atomic mass is 9.64. The van der Waals surface area contributed by atoms with Crippen molar-refractivity contribution in [3.63, 3.8) is 0 Å². The summed E-state index contributed by atoms with van der Waals surface area (Å²) in [4.78, 5) is 15.4. The average Bonchev–Trinajstić information content (AvgIpc) is 3.24. The van der Waals surface area contributed by atoms with Gasteiger partial charge in [-0.2, -0.15) is 5.26 Å². The van der Waals surface area contributed by atoms with E-state index in [0.717, 1.165) is 16.7 Å². The Morgan fingerprint density at radius 2 is 1.47 bits per heavy atom. The minimum Gasteiger partial charge on any atom is -0.443 e. The molecule has 0 aliphatic carbocycles. The second-order valence-electron chi connectivity index (χ2n) is 9.20. The molecule has 4 nitrogen and oxygen atoms in total. The maximum absolute atomic E-state index is 13.4. The van der Waals surface area contributed by atoms with Gasteiger partial charge in [0.25, 0.3) is 0 Å². The van der Waals surface area contributed by atoms with Crippen LogP contribution < -0.4 is 0 Å². The van der Waals surface area contributed by atoms with E-state index in [2.05, 4.69) is 6.07 Å². The maximum atomic E-state index is 13.4. The topological polar surface area (TPSA) is 53.3 Å². The first-order chi connectivity index (χ1) is 16.2. The molecule has 2 fully saturated rings. The summed E-state index contributed by atoms with van der Waals surface area (Å²) in [6, 6.07) is 23.5. The van der Waals surface area contributed by atoms with Crippen LogP contribution >= 0.6 is 34.8 Å². The van der Waals surface area contributed by atoms with Crippen LogP contribution in [0.25, 0.3) is 0 Å². The normalized spacial score (nSPS) is 27.8. The summed E-state index contributed by atoms with van der Waals surface area (Å²) in [5, 5.41) is 12.7. The SMILES string of the molecule is CC1(C)OC(=O)[C@H]2[C@H](c3cccc(Cl)c3)[C@@](C#N)(c3ccc(Cl)cc3)[C@H](c3cccc(Cl)c3)N21. The highest BCUT2D eigenvalue weighted by atomic mass is 35.5. The van der Waals surface area contributed by atoms with Crippen molar-refractivity contribution in [2.45, 2.75) is 43.0 Å². The Balaban J connectivity index is 1.88. The molecule has 0 saturated carbocycles. The van der Waals surface area contributed by atoms with E-state index in [1.54, 1.807) is 24.3 Å². The summed E-state index contributed by atoms with van der Waals surface area (Å²) in [5.74, 6) is -0.927. The third kappa shape index (κ3) is 3.42. The molecule has 2 aliphatic heterocycles. The highest BCUT2D eigenvalue weighted by Crippen LogP contribution is 2.63. The fourth-order valence-corrected chi connectivity index (χ4v) is 6.24. The molecule has 2 saturated heterocycles. The van der Waals surface area contributed by atoms with Crippen LogP contribution in [-0.4, -0.2) is 22.6 Å². The number of rotatable bonds is 3. The first-order valence-electron chi connectivity index (χ1n) is 10.9. The minimum atomic E-state index is -1.17. The van der Waals surface area contributed by atoms with Crippen LogP contribution in [0.15, 0.2) is 72.8 Å². The second kappa shape index (κ2) is 8.29. The van der Waals surface area contributed by atoms with Gasteiger partial charge in [-0.15, -0.1) is 0 Å². The molecule has 4 atom stereocenters. The van der Waals surface area contributed by atoms with Crippen LogP contribution in [0, 0.1) is 11.3 Å². The van der Waals surface area contributed by atoms with Crippen LogP contribution in [0.1, 0.15) is 42.5 Å². The third-order valence-corrected chi connectivity index (χ3v) is 7.63. The molecular formula is C27H21Cl3N2O2. The van der Waals surface area contributed by atoms with Crippen molar-refractivity contribution < 1.29 is 9.53 Å². The zero-order valence-corrected chi connectivity index (χ0v) is 20.8. The van der Waals surface area contributed by atoms with Crippen molar-refractivity contribution in [2.75, 3.05) is 0 Å². The molecule has 5 rings (SSSR count). The van der Waals surface area contributed by atoms with E-state index in [1.807, 2.05) is 67.3 Å². The standard InChI is InChI=1S/C27H21Cl3N2O2/c1-26(2)32-23(25(33)34-26)22(16-5-3-7-20(29)13-16)27(15-31,18-9-11-19(28)12-10-18)24(32)17-6-4-8-21(30)14-17/h3-14,22-24H,1-2H3/t22-,23+,24-,27+/m0/s1. The maximum Gasteiger partial charge on any atom is 0.325 e. The number of esters is 1. The van der Waals surface area contributed by atoms with E-state index in [0.29, 0.717) is 15.1 Å². The molecule has 3 aromatic rings. The van der Waals surface area contributed by atoms with Gasteiger partial charge in [-0.05, 0) is 66.9 Å². The molecule has 34 heavy (non-hydrogen) atoms. The first-order valence-corrected chi connectivity index (χ1v) is 12.0. The molecule has 0 unspecified atom stereocenters. The summed E-state index contributed by atoms with van der Waals surface area (Å²) in [5.41, 5.74) is 0.258. The minimum absolute atomic E-state index is 0.368. The van der Waals surface area contributed by atoms with Crippen LogP contribution in [0.3, 0.4) is 0 Å². The van der Waals surface area contributed by atoms with E-state index in [1.165, 1.54) is 0 Å². The molecule has 7 heteroatoms.